The molecule has 0 atom stereocenters. The standard InChI is InChI=1S/C12H14ClN5O/c1-12(2,3)11-16-9(17-18-11)10(19)15-7-5-4-6-14-8(7)13/h4-6H,1-3H3,(H,15,19)(H,16,17,18). The number of aromatic nitrogens is 4. The molecule has 0 unspecified atom stereocenters. The molecule has 0 fully saturated rings. The second-order valence-corrected chi connectivity index (χ2v) is 5.41. The summed E-state index contributed by atoms with van der Waals surface area (Å²) in [7, 11) is 0. The summed E-state index contributed by atoms with van der Waals surface area (Å²) in [6.07, 6.45) is 1.54. The van der Waals surface area contributed by atoms with Crippen LogP contribution >= 0.6 is 11.6 Å². The maximum atomic E-state index is 12.0. The van der Waals surface area contributed by atoms with Crippen LogP contribution in [0.3, 0.4) is 0 Å². The van der Waals surface area contributed by atoms with Gasteiger partial charge in [-0.3, -0.25) is 9.89 Å². The van der Waals surface area contributed by atoms with Crippen LogP contribution in [-0.2, 0) is 5.41 Å². The molecule has 2 heterocycles. The van der Waals surface area contributed by atoms with Crippen LogP contribution in [0.5, 0.6) is 0 Å². The number of nitrogens with one attached hydrogen (secondary N) is 2. The molecule has 0 saturated carbocycles. The monoisotopic (exact) mass is 279 g/mol. The van der Waals surface area contributed by atoms with Crippen LogP contribution < -0.4 is 5.32 Å². The summed E-state index contributed by atoms with van der Waals surface area (Å²) in [5.74, 6) is 0.293. The van der Waals surface area contributed by atoms with Crippen molar-refractivity contribution in [2.45, 2.75) is 26.2 Å². The van der Waals surface area contributed by atoms with Gasteiger partial charge in [-0.2, -0.15) is 0 Å². The number of rotatable bonds is 2. The van der Waals surface area contributed by atoms with Crippen LogP contribution in [-0.4, -0.2) is 26.1 Å². The third kappa shape index (κ3) is 3.08. The van der Waals surface area contributed by atoms with Gasteiger partial charge in [-0.15, -0.1) is 5.10 Å². The van der Waals surface area contributed by atoms with Crippen molar-refractivity contribution < 1.29 is 4.79 Å². The van der Waals surface area contributed by atoms with Crippen LogP contribution in [0.15, 0.2) is 18.3 Å². The second-order valence-electron chi connectivity index (χ2n) is 5.05. The van der Waals surface area contributed by atoms with Gasteiger partial charge in [0.25, 0.3) is 5.91 Å². The van der Waals surface area contributed by atoms with Crippen molar-refractivity contribution in [2.75, 3.05) is 5.32 Å². The average Bonchev–Trinajstić information content (AvgIpc) is 2.81. The maximum absolute atomic E-state index is 12.0. The lowest BCUT2D eigenvalue weighted by atomic mass is 9.96. The Labute approximate surface area is 115 Å². The van der Waals surface area contributed by atoms with E-state index in [1.165, 1.54) is 0 Å². The Morgan fingerprint density at radius 2 is 2.16 bits per heavy atom. The van der Waals surface area contributed by atoms with Gasteiger partial charge >= 0.3 is 0 Å². The first-order chi connectivity index (χ1) is 8.88. The van der Waals surface area contributed by atoms with Gasteiger partial charge in [-0.25, -0.2) is 9.97 Å². The zero-order chi connectivity index (χ0) is 14.0. The van der Waals surface area contributed by atoms with Crippen molar-refractivity contribution in [1.29, 1.82) is 0 Å². The Hall–Kier alpha value is -1.95. The molecule has 0 spiro atoms. The number of amides is 1. The predicted molar refractivity (Wildman–Crippen MR) is 72.3 cm³/mol. The Bertz CT molecular complexity index is 602. The van der Waals surface area contributed by atoms with E-state index in [1.54, 1.807) is 18.3 Å². The van der Waals surface area contributed by atoms with E-state index < -0.39 is 5.91 Å². The number of nitrogens with zero attached hydrogens (tertiary/aromatic N) is 3. The highest BCUT2D eigenvalue weighted by molar-refractivity contribution is 6.32. The van der Waals surface area contributed by atoms with Crippen LogP contribution in [0.4, 0.5) is 5.69 Å². The first kappa shape index (κ1) is 13.5. The van der Waals surface area contributed by atoms with Crippen LogP contribution in [0.1, 0.15) is 37.2 Å². The quantitative estimate of drug-likeness (QED) is 0.827. The molecule has 100 valence electrons. The SMILES string of the molecule is CC(C)(C)c1nc(C(=O)Nc2cccnc2Cl)n[nH]1. The fourth-order valence-corrected chi connectivity index (χ4v) is 1.52. The number of aromatic amines is 1. The molecule has 0 bridgehead atoms. The highest BCUT2D eigenvalue weighted by Gasteiger charge is 2.21. The molecule has 0 radical (unpaired) electrons. The van der Waals surface area contributed by atoms with E-state index in [4.69, 9.17) is 11.6 Å². The summed E-state index contributed by atoms with van der Waals surface area (Å²) < 4.78 is 0. The average molecular weight is 280 g/mol. The van der Waals surface area contributed by atoms with Crippen molar-refractivity contribution >= 4 is 23.2 Å². The number of hydrogen-bond acceptors (Lipinski definition) is 4. The summed E-state index contributed by atoms with van der Waals surface area (Å²) in [6, 6.07) is 3.34. The summed E-state index contributed by atoms with van der Waals surface area (Å²) >= 11 is 5.86. The van der Waals surface area contributed by atoms with Crippen molar-refractivity contribution in [3.05, 3.63) is 35.1 Å². The third-order valence-electron chi connectivity index (χ3n) is 2.41. The van der Waals surface area contributed by atoms with Gasteiger partial charge < -0.3 is 5.32 Å². The largest absolute Gasteiger partial charge is 0.317 e. The molecule has 0 aliphatic heterocycles. The lowest BCUT2D eigenvalue weighted by molar-refractivity contribution is 0.101. The van der Waals surface area contributed by atoms with Crippen LogP contribution in [0.25, 0.3) is 0 Å². The van der Waals surface area contributed by atoms with Gasteiger partial charge in [-0.05, 0) is 12.1 Å². The second kappa shape index (κ2) is 4.97. The van der Waals surface area contributed by atoms with Crippen molar-refractivity contribution in [3.8, 4) is 0 Å². The van der Waals surface area contributed by atoms with Crippen molar-refractivity contribution in [3.63, 3.8) is 0 Å². The lowest BCUT2D eigenvalue weighted by Crippen LogP contribution is -2.16. The van der Waals surface area contributed by atoms with E-state index in [0.29, 0.717) is 11.5 Å². The fourth-order valence-electron chi connectivity index (χ4n) is 1.36. The molecule has 0 aromatic carbocycles. The Morgan fingerprint density at radius 3 is 2.74 bits per heavy atom. The van der Waals surface area contributed by atoms with E-state index in [1.807, 2.05) is 20.8 Å². The first-order valence-electron chi connectivity index (χ1n) is 5.72. The summed E-state index contributed by atoms with van der Waals surface area (Å²) in [6.45, 7) is 5.94. The Balaban J connectivity index is 2.17. The highest BCUT2D eigenvalue weighted by atomic mass is 35.5. The predicted octanol–water partition coefficient (Wildman–Crippen LogP) is 2.40. The fraction of sp³-hybridized carbons (Fsp3) is 0.333. The van der Waals surface area contributed by atoms with Crippen LogP contribution in [0.2, 0.25) is 5.15 Å². The van der Waals surface area contributed by atoms with E-state index >= 15 is 0 Å². The van der Waals surface area contributed by atoms with Crippen molar-refractivity contribution in [2.24, 2.45) is 0 Å². The number of anilines is 1. The molecular weight excluding hydrogens is 266 g/mol. The molecule has 2 N–H and O–H groups in total. The number of pyridine rings is 1. The number of halogens is 1. The summed E-state index contributed by atoms with van der Waals surface area (Å²) in [5.41, 5.74) is 0.230. The molecule has 1 amide bonds. The zero-order valence-corrected chi connectivity index (χ0v) is 11.6. The molecular formula is C12H14ClN5O. The molecule has 6 nitrogen and oxygen atoms in total. The molecule has 19 heavy (non-hydrogen) atoms. The lowest BCUT2D eigenvalue weighted by Gasteiger charge is -2.12. The molecule has 7 heteroatoms. The molecule has 2 rings (SSSR count). The number of carbonyl (C=O) groups excluding carboxylic acids is 1. The van der Waals surface area contributed by atoms with Gasteiger partial charge in [0.15, 0.2) is 5.15 Å². The van der Waals surface area contributed by atoms with Crippen molar-refractivity contribution in [1.82, 2.24) is 20.2 Å². The molecule has 2 aromatic heterocycles. The molecule has 2 aromatic rings. The number of H-pyrrole nitrogens is 1. The first-order valence-corrected chi connectivity index (χ1v) is 6.10. The molecule has 0 aliphatic rings. The van der Waals surface area contributed by atoms with Gasteiger partial charge in [0.1, 0.15) is 5.82 Å². The third-order valence-corrected chi connectivity index (χ3v) is 2.71. The maximum Gasteiger partial charge on any atom is 0.295 e. The highest BCUT2D eigenvalue weighted by Crippen LogP contribution is 2.19. The van der Waals surface area contributed by atoms with E-state index in [0.717, 1.165) is 0 Å². The topological polar surface area (TPSA) is 83.6 Å². The zero-order valence-electron chi connectivity index (χ0n) is 10.9. The Kier molecular flexibility index (Phi) is 3.53. The summed E-state index contributed by atoms with van der Waals surface area (Å²) in [5, 5.41) is 9.49. The Morgan fingerprint density at radius 1 is 1.42 bits per heavy atom. The van der Waals surface area contributed by atoms with Gasteiger partial charge in [0.2, 0.25) is 5.82 Å². The van der Waals surface area contributed by atoms with Gasteiger partial charge in [-0.1, -0.05) is 32.4 Å². The summed E-state index contributed by atoms with van der Waals surface area (Å²) in [4.78, 5) is 20.0. The minimum Gasteiger partial charge on any atom is -0.317 e. The molecule has 0 saturated heterocycles. The number of carbonyl (C=O) groups is 1. The number of hydrogen-bond donors (Lipinski definition) is 2. The molecule has 0 aliphatic carbocycles. The van der Waals surface area contributed by atoms with E-state index in [2.05, 4.69) is 25.5 Å². The minimum atomic E-state index is -0.429. The van der Waals surface area contributed by atoms with E-state index in [-0.39, 0.29) is 16.4 Å². The van der Waals surface area contributed by atoms with Gasteiger partial charge in [0.05, 0.1) is 5.69 Å². The van der Waals surface area contributed by atoms with Crippen LogP contribution in [0, 0.1) is 0 Å². The van der Waals surface area contributed by atoms with Gasteiger partial charge in [0, 0.05) is 11.6 Å². The van der Waals surface area contributed by atoms with E-state index in [9.17, 15) is 4.79 Å². The minimum absolute atomic E-state index is 0.0739. The normalized spacial score (nSPS) is 11.4. The smallest absolute Gasteiger partial charge is 0.295 e.